The molecule has 0 atom stereocenters. The van der Waals surface area contributed by atoms with Gasteiger partial charge in [-0.05, 0) is 66.7 Å². The average Bonchev–Trinajstić information content (AvgIpc) is 2.60. The van der Waals surface area contributed by atoms with Gasteiger partial charge in [0.25, 0.3) is 0 Å². The lowest BCUT2D eigenvalue weighted by molar-refractivity contribution is -0.0328. The fraction of sp³-hybridized carbons (Fsp3) is 0.167. The zero-order valence-electron chi connectivity index (χ0n) is 14.2. The van der Waals surface area contributed by atoms with E-state index in [4.69, 9.17) is 0 Å². The van der Waals surface area contributed by atoms with E-state index in [1.165, 1.54) is 67.6 Å². The minimum Gasteiger partial charge on any atom is -0.289 e. The molecular weight excluding hydrogens is 399 g/mol. The minimum atomic E-state index is -4.34. The fourth-order valence-corrected chi connectivity index (χ4v) is 3.18. The number of ketones is 1. The number of hydrogen-bond donors (Lipinski definition) is 1. The molecule has 0 unspecified atom stereocenters. The topological polar surface area (TPSA) is 63.2 Å². The molecule has 0 bridgehead atoms. The number of nitrogens with one attached hydrogen (secondary N) is 1. The largest absolute Gasteiger partial charge is 0.446 e. The molecule has 9 heteroatoms. The van der Waals surface area contributed by atoms with Crippen LogP contribution in [0.25, 0.3) is 6.08 Å². The number of hydrogen-bond acceptors (Lipinski definition) is 4. The first-order chi connectivity index (χ1) is 12.6. The van der Waals surface area contributed by atoms with E-state index in [2.05, 4.69) is 4.72 Å². The summed E-state index contributed by atoms with van der Waals surface area (Å²) in [6.07, 6.45) is 2.80. The molecule has 2 aromatic rings. The predicted octanol–water partition coefficient (Wildman–Crippen LogP) is 4.96. The maximum Gasteiger partial charge on any atom is 0.446 e. The Hall–Kier alpha value is -2.26. The van der Waals surface area contributed by atoms with Crippen molar-refractivity contribution >= 4 is 39.3 Å². The van der Waals surface area contributed by atoms with Crippen LogP contribution in [0.3, 0.4) is 0 Å². The highest BCUT2D eigenvalue weighted by molar-refractivity contribution is 8.00. The lowest BCUT2D eigenvalue weighted by Gasteiger charge is -2.06. The van der Waals surface area contributed by atoms with Crippen molar-refractivity contribution in [3.05, 3.63) is 65.7 Å². The van der Waals surface area contributed by atoms with E-state index in [-0.39, 0.29) is 28.2 Å². The van der Waals surface area contributed by atoms with E-state index >= 15 is 0 Å². The number of halogens is 3. The normalized spacial score (nSPS) is 12.3. The van der Waals surface area contributed by atoms with Crippen molar-refractivity contribution in [1.82, 2.24) is 0 Å². The Morgan fingerprint density at radius 2 is 1.67 bits per heavy atom. The molecule has 0 amide bonds. The molecule has 0 aromatic heterocycles. The third kappa shape index (κ3) is 7.10. The first-order valence-electron chi connectivity index (χ1n) is 7.77. The van der Waals surface area contributed by atoms with E-state index in [1.54, 1.807) is 0 Å². The van der Waals surface area contributed by atoms with Gasteiger partial charge in [-0.15, -0.1) is 0 Å². The van der Waals surface area contributed by atoms with Gasteiger partial charge in [-0.3, -0.25) is 9.52 Å². The molecule has 0 aliphatic heterocycles. The minimum absolute atomic E-state index is 0.0588. The molecule has 0 aliphatic rings. The van der Waals surface area contributed by atoms with Gasteiger partial charge in [0.05, 0.1) is 5.75 Å². The highest BCUT2D eigenvalue weighted by atomic mass is 32.2. The molecule has 2 aromatic carbocycles. The lowest BCUT2D eigenvalue weighted by atomic mass is 10.1. The number of allylic oxidation sites excluding steroid dienone is 1. The van der Waals surface area contributed by atoms with Crippen LogP contribution in [-0.2, 0) is 10.0 Å². The standard InChI is InChI=1S/C18H16F3NO3S2/c1-2-27(24,25)22-15-8-6-14(7-9-15)17(23)12-5-13-3-10-16(11-4-13)26-18(19,20)21/h3-12,22H,2H2,1H3. The van der Waals surface area contributed by atoms with Gasteiger partial charge in [-0.25, -0.2) is 8.42 Å². The average molecular weight is 415 g/mol. The Morgan fingerprint density at radius 3 is 2.19 bits per heavy atom. The summed E-state index contributed by atoms with van der Waals surface area (Å²) in [6.45, 7) is 1.51. The van der Waals surface area contributed by atoms with Crippen LogP contribution in [0, 0.1) is 0 Å². The zero-order chi connectivity index (χ0) is 20.1. The van der Waals surface area contributed by atoms with Crippen LogP contribution in [-0.4, -0.2) is 25.5 Å². The fourth-order valence-electron chi connectivity index (χ4n) is 2.00. The molecular formula is C18H16F3NO3S2. The molecule has 2 rings (SSSR count). The number of benzene rings is 2. The Morgan fingerprint density at radius 1 is 1.07 bits per heavy atom. The molecule has 1 N–H and O–H groups in total. The van der Waals surface area contributed by atoms with Crippen LogP contribution >= 0.6 is 11.8 Å². The van der Waals surface area contributed by atoms with Crippen molar-refractivity contribution in [3.63, 3.8) is 0 Å². The third-order valence-electron chi connectivity index (χ3n) is 3.36. The van der Waals surface area contributed by atoms with Gasteiger partial charge < -0.3 is 0 Å². The summed E-state index contributed by atoms with van der Waals surface area (Å²) in [5.74, 6) is -0.370. The summed E-state index contributed by atoms with van der Waals surface area (Å²) in [5.41, 5.74) is -3.04. The highest BCUT2D eigenvalue weighted by Gasteiger charge is 2.28. The lowest BCUT2D eigenvalue weighted by Crippen LogP contribution is -2.14. The van der Waals surface area contributed by atoms with Crippen LogP contribution in [0.4, 0.5) is 18.9 Å². The number of carbonyl (C=O) groups is 1. The SMILES string of the molecule is CCS(=O)(=O)Nc1ccc(C(=O)C=Cc2ccc(SC(F)(F)F)cc2)cc1. The Kier molecular flexibility index (Phi) is 6.72. The molecule has 27 heavy (non-hydrogen) atoms. The van der Waals surface area contributed by atoms with Gasteiger partial charge in [0, 0.05) is 16.1 Å². The predicted molar refractivity (Wildman–Crippen MR) is 101 cm³/mol. The van der Waals surface area contributed by atoms with Crippen molar-refractivity contribution in [2.45, 2.75) is 17.3 Å². The second kappa shape index (κ2) is 8.62. The number of rotatable bonds is 7. The molecule has 0 saturated carbocycles. The van der Waals surface area contributed by atoms with Crippen LogP contribution in [0.15, 0.2) is 59.5 Å². The maximum atomic E-state index is 12.3. The summed E-state index contributed by atoms with van der Waals surface area (Å²) in [5, 5.41) is 0. The Balaban J connectivity index is 2.02. The maximum absolute atomic E-state index is 12.3. The number of sulfonamides is 1. The van der Waals surface area contributed by atoms with Crippen molar-refractivity contribution in [2.75, 3.05) is 10.5 Å². The van der Waals surface area contributed by atoms with Gasteiger partial charge in [0.2, 0.25) is 10.0 Å². The molecule has 144 valence electrons. The number of thioether (sulfide) groups is 1. The van der Waals surface area contributed by atoms with Crippen molar-refractivity contribution < 1.29 is 26.4 Å². The number of carbonyl (C=O) groups excluding carboxylic acids is 1. The Labute approximate surface area is 159 Å². The highest BCUT2D eigenvalue weighted by Crippen LogP contribution is 2.36. The first kappa shape index (κ1) is 21.0. The second-order valence-electron chi connectivity index (χ2n) is 5.40. The van der Waals surface area contributed by atoms with Crippen molar-refractivity contribution in [3.8, 4) is 0 Å². The van der Waals surface area contributed by atoms with Crippen LogP contribution in [0.2, 0.25) is 0 Å². The van der Waals surface area contributed by atoms with Gasteiger partial charge >= 0.3 is 5.51 Å². The summed E-state index contributed by atoms with van der Waals surface area (Å²) >= 11 is -0.202. The van der Waals surface area contributed by atoms with Crippen LogP contribution in [0.5, 0.6) is 0 Å². The van der Waals surface area contributed by atoms with E-state index < -0.39 is 15.5 Å². The van der Waals surface area contributed by atoms with Gasteiger partial charge in [0.1, 0.15) is 0 Å². The zero-order valence-corrected chi connectivity index (χ0v) is 15.8. The van der Waals surface area contributed by atoms with Crippen molar-refractivity contribution in [1.29, 1.82) is 0 Å². The smallest absolute Gasteiger partial charge is 0.289 e. The second-order valence-corrected chi connectivity index (χ2v) is 8.55. The van der Waals surface area contributed by atoms with Gasteiger partial charge in [0.15, 0.2) is 5.78 Å². The summed E-state index contributed by atoms with van der Waals surface area (Å²) < 4.78 is 62.2. The number of alkyl halides is 3. The molecule has 0 fully saturated rings. The van der Waals surface area contributed by atoms with Crippen LogP contribution in [0.1, 0.15) is 22.8 Å². The van der Waals surface area contributed by atoms with Gasteiger partial charge in [-0.1, -0.05) is 18.2 Å². The Bertz CT molecular complexity index is 920. The monoisotopic (exact) mass is 415 g/mol. The van der Waals surface area contributed by atoms with E-state index in [9.17, 15) is 26.4 Å². The molecule has 0 radical (unpaired) electrons. The summed E-state index contributed by atoms with van der Waals surface area (Å²) in [7, 11) is -3.39. The van der Waals surface area contributed by atoms with E-state index in [0.717, 1.165) is 0 Å². The molecule has 4 nitrogen and oxygen atoms in total. The van der Waals surface area contributed by atoms with E-state index in [0.29, 0.717) is 16.8 Å². The van der Waals surface area contributed by atoms with E-state index in [1.807, 2.05) is 0 Å². The van der Waals surface area contributed by atoms with Crippen molar-refractivity contribution in [2.24, 2.45) is 0 Å². The quantitative estimate of drug-likeness (QED) is 0.395. The summed E-state index contributed by atoms with van der Waals surface area (Å²) in [6, 6.07) is 11.6. The molecule has 0 heterocycles. The third-order valence-corrected chi connectivity index (χ3v) is 5.41. The van der Waals surface area contributed by atoms with Gasteiger partial charge in [-0.2, -0.15) is 13.2 Å². The molecule has 0 saturated heterocycles. The van der Waals surface area contributed by atoms with Crippen LogP contribution < -0.4 is 4.72 Å². The molecule has 0 aliphatic carbocycles. The molecule has 0 spiro atoms. The first-order valence-corrected chi connectivity index (χ1v) is 10.2. The summed E-state index contributed by atoms with van der Waals surface area (Å²) in [4.78, 5) is 12.2. The number of anilines is 1.